The maximum Gasteiger partial charge on any atom is 0.173 e. The van der Waals surface area contributed by atoms with E-state index in [0.717, 1.165) is 60.3 Å². The first-order valence-corrected chi connectivity index (χ1v) is 11.9. The zero-order valence-electron chi connectivity index (χ0n) is 20.4. The molecule has 0 radical (unpaired) electrons. The Balaban J connectivity index is 1.49. The third kappa shape index (κ3) is 5.01. The Bertz CT molecular complexity index is 1270. The van der Waals surface area contributed by atoms with E-state index in [1.54, 1.807) is 14.2 Å². The first-order chi connectivity index (χ1) is 17.7. The summed E-state index contributed by atoms with van der Waals surface area (Å²) >= 11 is 0. The van der Waals surface area contributed by atoms with Crippen molar-refractivity contribution in [3.8, 4) is 11.5 Å². The SMILES string of the molecule is COc1ccc(OC)c(C(c2nnnn2Cc2ccccc2)N2CCN(c3ccc(F)cc3)CC2)c1. The Morgan fingerprint density at radius 2 is 1.64 bits per heavy atom. The molecule has 1 fully saturated rings. The van der Waals surface area contributed by atoms with Crippen molar-refractivity contribution >= 4 is 5.69 Å². The third-order valence-electron chi connectivity index (χ3n) is 6.58. The molecule has 1 saturated heterocycles. The predicted molar refractivity (Wildman–Crippen MR) is 135 cm³/mol. The molecule has 1 aromatic heterocycles. The summed E-state index contributed by atoms with van der Waals surface area (Å²) in [6.45, 7) is 3.66. The lowest BCUT2D eigenvalue weighted by molar-refractivity contribution is 0.197. The molecule has 1 unspecified atom stereocenters. The monoisotopic (exact) mass is 488 g/mol. The second-order valence-electron chi connectivity index (χ2n) is 8.69. The first-order valence-electron chi connectivity index (χ1n) is 11.9. The molecule has 3 aromatic carbocycles. The molecule has 0 saturated carbocycles. The predicted octanol–water partition coefficient (Wildman–Crippen LogP) is 3.79. The number of piperazine rings is 1. The number of ether oxygens (including phenoxy) is 2. The van der Waals surface area contributed by atoms with Crippen LogP contribution >= 0.6 is 0 Å². The summed E-state index contributed by atoms with van der Waals surface area (Å²) in [7, 11) is 3.32. The van der Waals surface area contributed by atoms with Gasteiger partial charge in [-0.05, 0) is 58.5 Å². The van der Waals surface area contributed by atoms with E-state index in [-0.39, 0.29) is 11.9 Å². The molecule has 0 bridgehead atoms. The minimum absolute atomic E-state index is 0.229. The van der Waals surface area contributed by atoms with Crippen molar-refractivity contribution in [2.45, 2.75) is 12.6 Å². The second kappa shape index (κ2) is 10.7. The normalized spacial score (nSPS) is 15.0. The van der Waals surface area contributed by atoms with Gasteiger partial charge < -0.3 is 14.4 Å². The smallest absolute Gasteiger partial charge is 0.173 e. The van der Waals surface area contributed by atoms with Gasteiger partial charge in [-0.3, -0.25) is 4.90 Å². The van der Waals surface area contributed by atoms with Gasteiger partial charge in [-0.1, -0.05) is 30.3 Å². The quantitative estimate of drug-likeness (QED) is 0.374. The van der Waals surface area contributed by atoms with Crippen LogP contribution in [-0.2, 0) is 6.54 Å². The minimum Gasteiger partial charge on any atom is -0.497 e. The van der Waals surface area contributed by atoms with Crippen molar-refractivity contribution in [3.63, 3.8) is 0 Å². The Labute approximate surface area is 209 Å². The molecule has 1 atom stereocenters. The van der Waals surface area contributed by atoms with Crippen molar-refractivity contribution in [2.24, 2.45) is 0 Å². The van der Waals surface area contributed by atoms with Crippen LogP contribution in [0.2, 0.25) is 0 Å². The van der Waals surface area contributed by atoms with E-state index in [0.29, 0.717) is 6.54 Å². The summed E-state index contributed by atoms with van der Waals surface area (Å²) in [6, 6.07) is 22.4. The van der Waals surface area contributed by atoms with Crippen LogP contribution in [0.3, 0.4) is 0 Å². The number of tetrazole rings is 1. The van der Waals surface area contributed by atoms with Crippen molar-refractivity contribution < 1.29 is 13.9 Å². The zero-order chi connectivity index (χ0) is 24.9. The van der Waals surface area contributed by atoms with Crippen LogP contribution in [0.4, 0.5) is 10.1 Å². The van der Waals surface area contributed by atoms with Crippen molar-refractivity contribution in [2.75, 3.05) is 45.3 Å². The summed E-state index contributed by atoms with van der Waals surface area (Å²) < 4.78 is 26.6. The molecule has 1 aliphatic heterocycles. The van der Waals surface area contributed by atoms with Crippen LogP contribution in [-0.4, -0.2) is 65.5 Å². The number of nitrogens with zero attached hydrogens (tertiary/aromatic N) is 6. The highest BCUT2D eigenvalue weighted by Gasteiger charge is 2.33. The lowest BCUT2D eigenvalue weighted by Gasteiger charge is -2.40. The molecule has 36 heavy (non-hydrogen) atoms. The molecule has 0 amide bonds. The molecular weight excluding hydrogens is 459 g/mol. The fourth-order valence-electron chi connectivity index (χ4n) is 4.72. The van der Waals surface area contributed by atoms with E-state index in [4.69, 9.17) is 9.47 Å². The third-order valence-corrected chi connectivity index (χ3v) is 6.58. The Morgan fingerprint density at radius 3 is 2.33 bits per heavy atom. The van der Waals surface area contributed by atoms with Crippen molar-refractivity contribution in [1.29, 1.82) is 0 Å². The summed E-state index contributed by atoms with van der Waals surface area (Å²) in [5.41, 5.74) is 3.07. The molecule has 9 heteroatoms. The highest BCUT2D eigenvalue weighted by molar-refractivity contribution is 5.48. The number of hydrogen-bond donors (Lipinski definition) is 0. The molecule has 186 valence electrons. The number of rotatable bonds is 8. The van der Waals surface area contributed by atoms with Gasteiger partial charge in [-0.15, -0.1) is 5.10 Å². The lowest BCUT2D eigenvalue weighted by atomic mass is 10.0. The number of aromatic nitrogens is 4. The highest BCUT2D eigenvalue weighted by atomic mass is 19.1. The standard InChI is InChI=1S/C27H29FN6O2/c1-35-23-12-13-25(36-2)24(18-23)26(27-29-30-31-34(27)19-20-6-4-3-5-7-20)33-16-14-32(15-17-33)22-10-8-21(28)9-11-22/h3-13,18,26H,14-17,19H2,1-2H3. The maximum atomic E-state index is 13.4. The Morgan fingerprint density at radius 1 is 0.889 bits per heavy atom. The van der Waals surface area contributed by atoms with Crippen LogP contribution < -0.4 is 14.4 Å². The van der Waals surface area contributed by atoms with Gasteiger partial charge in [0.15, 0.2) is 5.82 Å². The highest BCUT2D eigenvalue weighted by Crippen LogP contribution is 2.37. The molecule has 5 rings (SSSR count). The first kappa shape index (κ1) is 23.7. The molecule has 2 heterocycles. The number of methoxy groups -OCH3 is 2. The molecule has 0 aliphatic carbocycles. The number of halogens is 1. The van der Waals surface area contributed by atoms with Crippen molar-refractivity contribution in [1.82, 2.24) is 25.1 Å². The van der Waals surface area contributed by atoms with E-state index >= 15 is 0 Å². The average molecular weight is 489 g/mol. The molecule has 1 aliphatic rings. The molecule has 0 N–H and O–H groups in total. The lowest BCUT2D eigenvalue weighted by Crippen LogP contribution is -2.48. The summed E-state index contributed by atoms with van der Waals surface area (Å²) in [5.74, 6) is 1.99. The van der Waals surface area contributed by atoms with E-state index in [1.807, 2.05) is 53.2 Å². The van der Waals surface area contributed by atoms with Gasteiger partial charge >= 0.3 is 0 Å². The average Bonchev–Trinajstić information content (AvgIpc) is 3.37. The van der Waals surface area contributed by atoms with Crippen LogP contribution in [0.5, 0.6) is 11.5 Å². The van der Waals surface area contributed by atoms with Crippen LogP contribution in [0.15, 0.2) is 72.8 Å². The van der Waals surface area contributed by atoms with Gasteiger partial charge in [0.05, 0.1) is 20.8 Å². The van der Waals surface area contributed by atoms with E-state index in [2.05, 4.69) is 37.5 Å². The summed E-state index contributed by atoms with van der Waals surface area (Å²) in [5, 5.41) is 12.9. The van der Waals surface area contributed by atoms with Crippen LogP contribution in [0.1, 0.15) is 23.0 Å². The Hall–Kier alpha value is -3.98. The number of hydrogen-bond acceptors (Lipinski definition) is 7. The fraction of sp³-hybridized carbons (Fsp3) is 0.296. The van der Waals surface area contributed by atoms with E-state index < -0.39 is 0 Å². The van der Waals surface area contributed by atoms with E-state index in [1.165, 1.54) is 12.1 Å². The van der Waals surface area contributed by atoms with Gasteiger partial charge in [0, 0.05) is 37.4 Å². The summed E-state index contributed by atoms with van der Waals surface area (Å²) in [6.07, 6.45) is 0. The van der Waals surface area contributed by atoms with Gasteiger partial charge in [0.25, 0.3) is 0 Å². The number of anilines is 1. The topological polar surface area (TPSA) is 68.5 Å². The Kier molecular flexibility index (Phi) is 7.08. The molecular formula is C27H29FN6O2. The molecule has 0 spiro atoms. The largest absolute Gasteiger partial charge is 0.497 e. The molecule has 8 nitrogen and oxygen atoms in total. The number of benzene rings is 3. The zero-order valence-corrected chi connectivity index (χ0v) is 20.4. The van der Waals surface area contributed by atoms with Gasteiger partial charge in [0.2, 0.25) is 0 Å². The fourth-order valence-corrected chi connectivity index (χ4v) is 4.72. The second-order valence-corrected chi connectivity index (χ2v) is 8.69. The van der Waals surface area contributed by atoms with Gasteiger partial charge in [-0.25, -0.2) is 9.07 Å². The molecule has 4 aromatic rings. The van der Waals surface area contributed by atoms with Gasteiger partial charge in [0.1, 0.15) is 23.4 Å². The van der Waals surface area contributed by atoms with Gasteiger partial charge in [-0.2, -0.15) is 0 Å². The minimum atomic E-state index is -0.246. The van der Waals surface area contributed by atoms with E-state index in [9.17, 15) is 4.39 Å². The van der Waals surface area contributed by atoms with Crippen molar-refractivity contribution in [3.05, 3.63) is 95.6 Å². The maximum absolute atomic E-state index is 13.4. The van der Waals surface area contributed by atoms with Crippen LogP contribution in [0, 0.1) is 5.82 Å². The van der Waals surface area contributed by atoms with Crippen LogP contribution in [0.25, 0.3) is 0 Å². The summed E-state index contributed by atoms with van der Waals surface area (Å²) in [4.78, 5) is 4.63.